The van der Waals surface area contributed by atoms with Gasteiger partial charge in [-0.1, -0.05) is 36.4 Å². The average Bonchev–Trinajstić information content (AvgIpc) is 2.67. The highest BCUT2D eigenvalue weighted by Crippen LogP contribution is 2.28. The maximum Gasteiger partial charge on any atom is 0.414 e. The van der Waals surface area contributed by atoms with Crippen molar-refractivity contribution in [2.24, 2.45) is 10.7 Å². The third kappa shape index (κ3) is 5.53. The number of rotatable bonds is 3. The van der Waals surface area contributed by atoms with Gasteiger partial charge in [-0.05, 0) is 69.4 Å². The summed E-state index contributed by atoms with van der Waals surface area (Å²) < 4.78 is 5.61. The van der Waals surface area contributed by atoms with E-state index in [0.29, 0.717) is 19.0 Å². The number of para-hydroxylation sites is 1. The van der Waals surface area contributed by atoms with Crippen LogP contribution in [0.3, 0.4) is 0 Å². The highest BCUT2D eigenvalue weighted by atomic mass is 16.6. The Balaban J connectivity index is 1.71. The Kier molecular flexibility index (Phi) is 6.34. The highest BCUT2D eigenvalue weighted by molar-refractivity contribution is 5.90. The summed E-state index contributed by atoms with van der Waals surface area (Å²) in [5, 5.41) is 3.28. The summed E-state index contributed by atoms with van der Waals surface area (Å²) in [6.07, 6.45) is 0.405. The number of nitrogens with zero attached hydrogens (tertiary/aromatic N) is 2. The van der Waals surface area contributed by atoms with E-state index in [1.165, 1.54) is 11.1 Å². The molecule has 6 heteroatoms. The Morgan fingerprint density at radius 1 is 1.20 bits per heavy atom. The molecule has 1 atom stereocenters. The zero-order valence-electron chi connectivity index (χ0n) is 18.5. The van der Waals surface area contributed by atoms with Crippen LogP contribution in [0.2, 0.25) is 0 Å². The first-order valence-corrected chi connectivity index (χ1v) is 10.3. The Morgan fingerprint density at radius 3 is 2.63 bits per heavy atom. The monoisotopic (exact) mass is 408 g/mol. The molecule has 1 aliphatic rings. The predicted molar refractivity (Wildman–Crippen MR) is 122 cm³/mol. The van der Waals surface area contributed by atoms with Gasteiger partial charge in [-0.25, -0.2) is 9.79 Å². The summed E-state index contributed by atoms with van der Waals surface area (Å²) >= 11 is 0. The molecule has 6 nitrogen and oxygen atoms in total. The van der Waals surface area contributed by atoms with Crippen molar-refractivity contribution in [2.45, 2.75) is 59.2 Å². The molecular weight excluding hydrogens is 376 g/mol. The molecule has 30 heavy (non-hydrogen) atoms. The zero-order valence-corrected chi connectivity index (χ0v) is 18.5. The number of nitrogens with one attached hydrogen (secondary N) is 1. The van der Waals surface area contributed by atoms with Gasteiger partial charge in [0.1, 0.15) is 5.60 Å². The number of ether oxygens (including phenoxy) is 1. The average molecular weight is 409 g/mol. The molecule has 0 spiro atoms. The zero-order chi connectivity index (χ0) is 21.9. The molecule has 0 saturated heterocycles. The molecule has 1 heterocycles. The summed E-state index contributed by atoms with van der Waals surface area (Å²) in [5.74, 6) is 0.377. The molecule has 0 saturated carbocycles. The first-order chi connectivity index (χ1) is 14.1. The minimum Gasteiger partial charge on any atom is -0.443 e. The Bertz CT molecular complexity index is 946. The molecule has 3 N–H and O–H groups in total. The predicted octanol–water partition coefficient (Wildman–Crippen LogP) is 4.07. The van der Waals surface area contributed by atoms with Crippen molar-refractivity contribution < 1.29 is 9.53 Å². The lowest BCUT2D eigenvalue weighted by Gasteiger charge is -2.36. The van der Waals surface area contributed by atoms with E-state index in [0.717, 1.165) is 23.2 Å². The van der Waals surface area contributed by atoms with Crippen LogP contribution in [0.25, 0.3) is 0 Å². The molecule has 0 fully saturated rings. The number of carbonyl (C=O) groups is 1. The number of aryl methyl sites for hydroxylation is 2. The van der Waals surface area contributed by atoms with Crippen molar-refractivity contribution in [3.8, 4) is 0 Å². The summed E-state index contributed by atoms with van der Waals surface area (Å²) in [5.41, 5.74) is 11.2. The summed E-state index contributed by atoms with van der Waals surface area (Å²) in [6.45, 7) is 10.8. The van der Waals surface area contributed by atoms with Gasteiger partial charge in [0.05, 0.1) is 18.3 Å². The second kappa shape index (κ2) is 8.78. The molecular formula is C24H32N4O2. The number of hydrogen-bond acceptors (Lipinski definition) is 3. The van der Waals surface area contributed by atoms with Crippen molar-refractivity contribution in [3.05, 3.63) is 64.7 Å². The Morgan fingerprint density at radius 2 is 1.93 bits per heavy atom. The normalized spacial score (nSPS) is 16.8. The van der Waals surface area contributed by atoms with Gasteiger partial charge in [-0.2, -0.15) is 0 Å². The number of guanidine groups is 1. The van der Waals surface area contributed by atoms with Crippen molar-refractivity contribution in [1.82, 2.24) is 5.32 Å². The molecule has 2 aromatic rings. The fraction of sp³-hybridized carbons (Fsp3) is 0.417. The molecule has 0 radical (unpaired) electrons. The molecule has 2 aromatic carbocycles. The first kappa shape index (κ1) is 21.7. The number of benzene rings is 2. The van der Waals surface area contributed by atoms with Crippen molar-refractivity contribution >= 4 is 17.7 Å². The van der Waals surface area contributed by atoms with Gasteiger partial charge in [0.25, 0.3) is 0 Å². The van der Waals surface area contributed by atoms with E-state index in [2.05, 4.69) is 42.4 Å². The number of nitrogens with two attached hydrogens (primary N) is 1. The number of anilines is 1. The fourth-order valence-corrected chi connectivity index (χ4v) is 3.52. The van der Waals surface area contributed by atoms with Crippen molar-refractivity contribution in [1.29, 1.82) is 0 Å². The van der Waals surface area contributed by atoms with E-state index in [4.69, 9.17) is 10.5 Å². The van der Waals surface area contributed by atoms with Crippen LogP contribution in [0.4, 0.5) is 10.5 Å². The smallest absolute Gasteiger partial charge is 0.414 e. The van der Waals surface area contributed by atoms with E-state index in [1.807, 2.05) is 45.0 Å². The number of carbonyl (C=O) groups excluding carboxylic acids is 1. The molecule has 3 rings (SSSR count). The summed E-state index contributed by atoms with van der Waals surface area (Å²) in [6, 6.07) is 14.1. The SMILES string of the molecule is Cc1ccc(CN=C(N)NC2Cc3ccccc3N(C(=O)OC(C)(C)C)C2)cc1C. The first-order valence-electron chi connectivity index (χ1n) is 10.3. The van der Waals surface area contributed by atoms with Gasteiger partial charge in [-0.3, -0.25) is 4.90 Å². The largest absolute Gasteiger partial charge is 0.443 e. The van der Waals surface area contributed by atoms with E-state index >= 15 is 0 Å². The van der Waals surface area contributed by atoms with Crippen LogP contribution >= 0.6 is 0 Å². The summed E-state index contributed by atoms with van der Waals surface area (Å²) in [7, 11) is 0. The summed E-state index contributed by atoms with van der Waals surface area (Å²) in [4.78, 5) is 19.0. The molecule has 0 aliphatic carbocycles. The molecule has 1 amide bonds. The van der Waals surface area contributed by atoms with Crippen LogP contribution in [0.1, 0.15) is 43.0 Å². The maximum atomic E-state index is 12.8. The lowest BCUT2D eigenvalue weighted by Crippen LogP contribution is -2.52. The van der Waals surface area contributed by atoms with Crippen LogP contribution in [-0.2, 0) is 17.7 Å². The lowest BCUT2D eigenvalue weighted by molar-refractivity contribution is 0.0574. The molecule has 0 bridgehead atoms. The number of amides is 1. The van der Waals surface area contributed by atoms with E-state index < -0.39 is 5.60 Å². The highest BCUT2D eigenvalue weighted by Gasteiger charge is 2.31. The third-order valence-corrected chi connectivity index (χ3v) is 5.12. The van der Waals surface area contributed by atoms with Crippen LogP contribution in [0.15, 0.2) is 47.5 Å². The van der Waals surface area contributed by atoms with Crippen molar-refractivity contribution in [2.75, 3.05) is 11.4 Å². The topological polar surface area (TPSA) is 80.0 Å². The third-order valence-electron chi connectivity index (χ3n) is 5.12. The number of fused-ring (bicyclic) bond motifs is 1. The van der Waals surface area contributed by atoms with Gasteiger partial charge in [0, 0.05) is 6.54 Å². The number of hydrogen-bond donors (Lipinski definition) is 2. The fourth-order valence-electron chi connectivity index (χ4n) is 3.52. The standard InChI is InChI=1S/C24H32N4O2/c1-16-10-11-18(12-17(16)2)14-26-22(25)27-20-13-19-8-6-7-9-21(19)28(15-20)23(29)30-24(3,4)5/h6-12,20H,13-15H2,1-5H3,(H3,25,26,27). The van der Waals surface area contributed by atoms with Crippen molar-refractivity contribution in [3.63, 3.8) is 0 Å². The lowest BCUT2D eigenvalue weighted by atomic mass is 9.98. The molecule has 160 valence electrons. The maximum absolute atomic E-state index is 12.8. The van der Waals surface area contributed by atoms with Gasteiger partial charge in [0.15, 0.2) is 5.96 Å². The van der Waals surface area contributed by atoms with Crippen LogP contribution in [-0.4, -0.2) is 30.2 Å². The Labute approximate surface area is 179 Å². The van der Waals surface area contributed by atoms with Gasteiger partial charge in [0.2, 0.25) is 0 Å². The minimum absolute atomic E-state index is 0.0454. The molecule has 0 aromatic heterocycles. The van der Waals surface area contributed by atoms with Crippen LogP contribution in [0, 0.1) is 13.8 Å². The van der Waals surface area contributed by atoms with Gasteiger partial charge < -0.3 is 15.8 Å². The minimum atomic E-state index is -0.556. The van der Waals surface area contributed by atoms with Crippen LogP contribution < -0.4 is 16.0 Å². The molecule has 1 aliphatic heterocycles. The van der Waals surface area contributed by atoms with Crippen LogP contribution in [0.5, 0.6) is 0 Å². The second-order valence-electron chi connectivity index (χ2n) is 8.89. The van der Waals surface area contributed by atoms with E-state index in [9.17, 15) is 4.79 Å². The molecule has 1 unspecified atom stereocenters. The second-order valence-corrected chi connectivity index (χ2v) is 8.89. The Hall–Kier alpha value is -3.02. The van der Waals surface area contributed by atoms with Gasteiger partial charge >= 0.3 is 6.09 Å². The number of aliphatic imine (C=N–C) groups is 1. The van der Waals surface area contributed by atoms with E-state index in [1.54, 1.807) is 4.90 Å². The van der Waals surface area contributed by atoms with E-state index in [-0.39, 0.29) is 12.1 Å². The quantitative estimate of drug-likeness (QED) is 0.593. The van der Waals surface area contributed by atoms with Gasteiger partial charge in [-0.15, -0.1) is 0 Å².